The lowest BCUT2D eigenvalue weighted by Gasteiger charge is -2.47. The Morgan fingerprint density at radius 2 is 1.81 bits per heavy atom. The Balaban J connectivity index is 1.42. The van der Waals surface area contributed by atoms with Crippen LogP contribution < -0.4 is 16.0 Å². The number of piperidine rings is 1. The summed E-state index contributed by atoms with van der Waals surface area (Å²) in [5.74, 6) is 0.992. The van der Waals surface area contributed by atoms with Crippen molar-refractivity contribution >= 4 is 28.9 Å². The van der Waals surface area contributed by atoms with Crippen molar-refractivity contribution in [3.8, 4) is 0 Å². The van der Waals surface area contributed by atoms with E-state index in [1.165, 1.54) is 12.8 Å². The molecule has 3 aliphatic rings. The number of amides is 2. The van der Waals surface area contributed by atoms with Crippen LogP contribution in [-0.4, -0.2) is 41.4 Å². The van der Waals surface area contributed by atoms with Crippen LogP contribution in [0.4, 0.5) is 21.9 Å². The van der Waals surface area contributed by atoms with Crippen molar-refractivity contribution in [2.45, 2.75) is 57.0 Å². The lowest BCUT2D eigenvalue weighted by Crippen LogP contribution is -2.63. The Morgan fingerprint density at radius 3 is 2.61 bits per heavy atom. The predicted octanol–water partition coefficient (Wildman–Crippen LogP) is 5.24. The number of nitrogens with zero attached hydrogens (tertiary/aromatic N) is 2. The zero-order chi connectivity index (χ0) is 21.3. The lowest BCUT2D eigenvalue weighted by atomic mass is 9.85. The van der Waals surface area contributed by atoms with E-state index in [9.17, 15) is 4.79 Å². The number of carbonyl (C=O) groups excluding carboxylic acids is 1. The van der Waals surface area contributed by atoms with Crippen LogP contribution >= 0.6 is 0 Å². The van der Waals surface area contributed by atoms with Gasteiger partial charge in [0.05, 0.1) is 24.0 Å². The van der Waals surface area contributed by atoms with E-state index in [1.807, 2.05) is 48.2 Å². The number of rotatable bonds is 2. The average molecular weight is 418 g/mol. The number of urea groups is 1. The van der Waals surface area contributed by atoms with Gasteiger partial charge >= 0.3 is 6.03 Å². The summed E-state index contributed by atoms with van der Waals surface area (Å²) < 4.78 is 0. The maximum atomic E-state index is 13.2. The summed E-state index contributed by atoms with van der Waals surface area (Å²) in [6.45, 7) is 3.36. The number of carbonyl (C=O) groups is 1. The first-order valence-electron chi connectivity index (χ1n) is 11.5. The van der Waals surface area contributed by atoms with Gasteiger partial charge in [-0.2, -0.15) is 0 Å². The van der Waals surface area contributed by atoms with E-state index < -0.39 is 0 Å². The van der Waals surface area contributed by atoms with E-state index in [1.54, 1.807) is 0 Å². The summed E-state index contributed by atoms with van der Waals surface area (Å²) in [7, 11) is 0. The largest absolute Gasteiger partial charge is 0.370 e. The van der Waals surface area contributed by atoms with E-state index >= 15 is 0 Å². The zero-order valence-electron chi connectivity index (χ0n) is 18.2. The summed E-state index contributed by atoms with van der Waals surface area (Å²) in [6.07, 6.45) is 6.70. The van der Waals surface area contributed by atoms with Gasteiger partial charge in [0.2, 0.25) is 0 Å². The fraction of sp³-hybridized carbons (Fsp3) is 0.440. The number of aliphatic imine (C=N–C) groups is 1. The van der Waals surface area contributed by atoms with Gasteiger partial charge in [-0.25, -0.2) is 4.79 Å². The number of amidine groups is 1. The van der Waals surface area contributed by atoms with Gasteiger partial charge in [0.25, 0.3) is 0 Å². The van der Waals surface area contributed by atoms with Gasteiger partial charge in [0.1, 0.15) is 11.4 Å². The summed E-state index contributed by atoms with van der Waals surface area (Å²) >= 11 is 0. The Kier molecular flexibility index (Phi) is 5.30. The summed E-state index contributed by atoms with van der Waals surface area (Å²) in [4.78, 5) is 20.3. The van der Waals surface area contributed by atoms with Gasteiger partial charge in [-0.05, 0) is 56.4 Å². The molecule has 2 aromatic carbocycles. The van der Waals surface area contributed by atoms with E-state index in [2.05, 4.69) is 28.1 Å². The van der Waals surface area contributed by atoms with Crippen LogP contribution in [-0.2, 0) is 0 Å². The first kappa shape index (κ1) is 19.9. The van der Waals surface area contributed by atoms with Gasteiger partial charge in [-0.3, -0.25) is 4.99 Å². The minimum absolute atomic E-state index is 0.0470. The van der Waals surface area contributed by atoms with Gasteiger partial charge in [0, 0.05) is 12.2 Å². The second-order valence-corrected chi connectivity index (χ2v) is 9.06. The quantitative estimate of drug-likeness (QED) is 0.626. The number of hydrogen-bond acceptors (Lipinski definition) is 3. The predicted molar refractivity (Wildman–Crippen MR) is 127 cm³/mol. The van der Waals surface area contributed by atoms with Crippen molar-refractivity contribution in [1.82, 2.24) is 4.90 Å². The van der Waals surface area contributed by atoms with Crippen molar-refractivity contribution in [2.75, 3.05) is 29.0 Å². The fourth-order valence-corrected chi connectivity index (χ4v) is 5.07. The molecule has 1 saturated carbocycles. The van der Waals surface area contributed by atoms with Crippen LogP contribution in [0.5, 0.6) is 0 Å². The Bertz CT molecular complexity index is 997. The van der Waals surface area contributed by atoms with E-state index in [-0.39, 0.29) is 11.6 Å². The minimum Gasteiger partial charge on any atom is -0.370 e. The van der Waals surface area contributed by atoms with E-state index in [4.69, 9.17) is 4.99 Å². The van der Waals surface area contributed by atoms with Crippen LogP contribution in [0.15, 0.2) is 53.5 Å². The second kappa shape index (κ2) is 8.25. The molecule has 1 spiro atoms. The normalized spacial score (nSPS) is 24.5. The maximum Gasteiger partial charge on any atom is 0.321 e. The minimum atomic E-state index is -0.377. The number of anilines is 3. The number of likely N-dealkylation sites (tertiary alicyclic amines) is 1. The number of aryl methyl sites for hydroxylation is 1. The first-order valence-corrected chi connectivity index (χ1v) is 11.5. The monoisotopic (exact) mass is 417 g/mol. The van der Waals surface area contributed by atoms with Crippen LogP contribution in [0.2, 0.25) is 0 Å². The summed E-state index contributed by atoms with van der Waals surface area (Å²) in [6, 6.07) is 16.5. The molecule has 1 saturated heterocycles. The molecule has 2 aromatic rings. The molecule has 6 heteroatoms. The van der Waals surface area contributed by atoms with Gasteiger partial charge < -0.3 is 20.9 Å². The highest BCUT2D eigenvalue weighted by Crippen LogP contribution is 2.37. The third-order valence-electron chi connectivity index (χ3n) is 6.81. The van der Waals surface area contributed by atoms with Crippen molar-refractivity contribution in [3.63, 3.8) is 0 Å². The SMILES string of the molecule is Cc1ccccc1NC(=O)N1CCC[C@]2(C1)Nc1ccccc1NC2=NC1CCCC1. The number of nitrogens with one attached hydrogen (secondary N) is 3. The molecule has 0 bridgehead atoms. The molecular formula is C25H31N5O. The third kappa shape index (κ3) is 3.99. The number of fused-ring (bicyclic) bond motifs is 1. The van der Waals surface area contributed by atoms with E-state index in [0.29, 0.717) is 12.6 Å². The average Bonchev–Trinajstić information content (AvgIpc) is 3.29. The van der Waals surface area contributed by atoms with Crippen molar-refractivity contribution < 1.29 is 4.79 Å². The van der Waals surface area contributed by atoms with Gasteiger partial charge in [0.15, 0.2) is 0 Å². The van der Waals surface area contributed by atoms with Crippen molar-refractivity contribution in [1.29, 1.82) is 0 Å². The number of benzene rings is 2. The van der Waals surface area contributed by atoms with Crippen molar-refractivity contribution in [3.05, 3.63) is 54.1 Å². The molecule has 0 aromatic heterocycles. The molecule has 0 radical (unpaired) electrons. The Labute approximate surface area is 184 Å². The molecule has 6 nitrogen and oxygen atoms in total. The van der Waals surface area contributed by atoms with Crippen LogP contribution in [0.25, 0.3) is 0 Å². The second-order valence-electron chi connectivity index (χ2n) is 9.06. The van der Waals surface area contributed by atoms with Crippen LogP contribution in [0.1, 0.15) is 44.1 Å². The molecule has 0 unspecified atom stereocenters. The smallest absolute Gasteiger partial charge is 0.321 e. The highest BCUT2D eigenvalue weighted by atomic mass is 16.2. The molecule has 2 aliphatic heterocycles. The molecule has 2 amide bonds. The zero-order valence-corrected chi connectivity index (χ0v) is 18.2. The van der Waals surface area contributed by atoms with Crippen LogP contribution in [0, 0.1) is 6.92 Å². The molecule has 2 fully saturated rings. The van der Waals surface area contributed by atoms with Gasteiger partial charge in [-0.1, -0.05) is 43.2 Å². The molecule has 2 heterocycles. The molecule has 5 rings (SSSR count). The molecule has 31 heavy (non-hydrogen) atoms. The Morgan fingerprint density at radius 1 is 1.06 bits per heavy atom. The van der Waals surface area contributed by atoms with Crippen molar-refractivity contribution in [2.24, 2.45) is 4.99 Å². The third-order valence-corrected chi connectivity index (χ3v) is 6.81. The molecule has 3 N–H and O–H groups in total. The topological polar surface area (TPSA) is 68.8 Å². The molecule has 1 aliphatic carbocycles. The number of hydrogen-bond donors (Lipinski definition) is 3. The van der Waals surface area contributed by atoms with Gasteiger partial charge in [-0.15, -0.1) is 0 Å². The lowest BCUT2D eigenvalue weighted by molar-refractivity contribution is 0.187. The highest BCUT2D eigenvalue weighted by molar-refractivity contribution is 6.10. The molecule has 162 valence electrons. The standard InChI is InChI=1S/C25H31N5O/c1-18-9-2-5-12-20(18)28-24(31)30-16-8-15-25(17-30)23(26-19-10-3-4-11-19)27-21-13-6-7-14-22(21)29-25/h2,5-7,9,12-14,19,29H,3-4,8,10-11,15-17H2,1H3,(H,26,27)(H,28,31)/t25-/m1/s1. The summed E-state index contributed by atoms with van der Waals surface area (Å²) in [5.41, 5.74) is 3.70. The fourth-order valence-electron chi connectivity index (χ4n) is 5.07. The van der Waals surface area contributed by atoms with Crippen LogP contribution in [0.3, 0.4) is 0 Å². The van der Waals surface area contributed by atoms with E-state index in [0.717, 1.165) is 60.7 Å². The molecule has 1 atom stereocenters. The highest BCUT2D eigenvalue weighted by Gasteiger charge is 2.45. The number of para-hydroxylation sites is 3. The molecular weight excluding hydrogens is 386 g/mol. The maximum absolute atomic E-state index is 13.2. The first-order chi connectivity index (χ1) is 15.1. The Hall–Kier alpha value is -3.02. The summed E-state index contributed by atoms with van der Waals surface area (Å²) in [5, 5.41) is 10.5.